The molecule has 0 saturated carbocycles. The molecule has 3 N–H and O–H groups in total. The number of nitrogens with zero attached hydrogens (tertiary/aromatic N) is 2. The van der Waals surface area contributed by atoms with Crippen LogP contribution in [0.2, 0.25) is 0 Å². The first-order chi connectivity index (χ1) is 9.45. The number of hydrogen-bond donors (Lipinski definition) is 2. The van der Waals surface area contributed by atoms with E-state index in [0.717, 1.165) is 6.07 Å². The van der Waals surface area contributed by atoms with Gasteiger partial charge in [-0.1, -0.05) is 0 Å². The Morgan fingerprint density at radius 3 is 2.85 bits per heavy atom. The fourth-order valence-electron chi connectivity index (χ4n) is 1.51. The summed E-state index contributed by atoms with van der Waals surface area (Å²) in [5, 5.41) is 6.40. The van der Waals surface area contributed by atoms with Crippen molar-refractivity contribution in [2.24, 2.45) is 5.73 Å². The summed E-state index contributed by atoms with van der Waals surface area (Å²) in [7, 11) is 0. The summed E-state index contributed by atoms with van der Waals surface area (Å²) < 4.78 is 14.9. The minimum absolute atomic E-state index is 0.0806. The summed E-state index contributed by atoms with van der Waals surface area (Å²) in [4.78, 5) is 22.6. The van der Waals surface area contributed by atoms with Crippen molar-refractivity contribution in [2.75, 3.05) is 5.32 Å². The van der Waals surface area contributed by atoms with Gasteiger partial charge in [-0.2, -0.15) is 5.10 Å². The fourth-order valence-corrected chi connectivity index (χ4v) is 1.76. The average molecular weight is 341 g/mol. The number of halogens is 2. The van der Waals surface area contributed by atoms with Crippen molar-refractivity contribution in [3.05, 3.63) is 46.4 Å². The zero-order valence-electron chi connectivity index (χ0n) is 10.1. The van der Waals surface area contributed by atoms with E-state index in [4.69, 9.17) is 5.73 Å². The Labute approximate surface area is 121 Å². The highest BCUT2D eigenvalue weighted by molar-refractivity contribution is 9.10. The molecular formula is C12H10BrFN4O2. The highest BCUT2D eigenvalue weighted by Gasteiger charge is 2.10. The number of anilines is 1. The van der Waals surface area contributed by atoms with E-state index in [9.17, 15) is 14.0 Å². The number of carbonyl (C=O) groups is 2. The predicted octanol–water partition coefficient (Wildman–Crippen LogP) is 1.52. The molecule has 2 rings (SSSR count). The standard InChI is InChI=1S/C12H10BrFN4O2/c13-9-2-1-7(3-10(9)14)12(20)17-8-4-16-18(5-8)6-11(15)19/h1-5H,6H2,(H2,15,19)(H,17,20). The normalized spacial score (nSPS) is 10.3. The first kappa shape index (κ1) is 14.2. The van der Waals surface area contributed by atoms with E-state index in [0.29, 0.717) is 5.69 Å². The predicted molar refractivity (Wildman–Crippen MR) is 73.5 cm³/mol. The molecule has 1 aromatic heterocycles. The zero-order valence-corrected chi connectivity index (χ0v) is 11.7. The summed E-state index contributed by atoms with van der Waals surface area (Å²) in [5.74, 6) is -1.54. The first-order valence-electron chi connectivity index (χ1n) is 5.53. The van der Waals surface area contributed by atoms with Gasteiger partial charge in [0.25, 0.3) is 5.91 Å². The summed E-state index contributed by atoms with van der Waals surface area (Å²) in [6, 6.07) is 4.05. The van der Waals surface area contributed by atoms with E-state index in [1.165, 1.54) is 29.2 Å². The maximum absolute atomic E-state index is 13.3. The van der Waals surface area contributed by atoms with Crippen LogP contribution in [0.25, 0.3) is 0 Å². The third-order valence-electron chi connectivity index (χ3n) is 2.39. The molecule has 2 amide bonds. The van der Waals surface area contributed by atoms with Crippen LogP contribution in [-0.4, -0.2) is 21.6 Å². The van der Waals surface area contributed by atoms with Crippen molar-refractivity contribution in [3.8, 4) is 0 Å². The van der Waals surface area contributed by atoms with Gasteiger partial charge in [0, 0.05) is 11.8 Å². The summed E-state index contributed by atoms with van der Waals surface area (Å²) in [6.07, 6.45) is 2.83. The lowest BCUT2D eigenvalue weighted by Gasteiger charge is -2.03. The van der Waals surface area contributed by atoms with Crippen molar-refractivity contribution < 1.29 is 14.0 Å². The Bertz CT molecular complexity index is 671. The van der Waals surface area contributed by atoms with Gasteiger partial charge in [-0.25, -0.2) is 4.39 Å². The molecule has 0 saturated heterocycles. The summed E-state index contributed by atoms with van der Waals surface area (Å²) >= 11 is 3.01. The van der Waals surface area contributed by atoms with Crippen LogP contribution in [0.15, 0.2) is 35.1 Å². The van der Waals surface area contributed by atoms with Crippen LogP contribution in [0.5, 0.6) is 0 Å². The Morgan fingerprint density at radius 1 is 1.45 bits per heavy atom. The van der Waals surface area contributed by atoms with Crippen molar-refractivity contribution in [1.29, 1.82) is 0 Å². The Hall–Kier alpha value is -2.22. The zero-order chi connectivity index (χ0) is 14.7. The van der Waals surface area contributed by atoms with Crippen LogP contribution in [0.3, 0.4) is 0 Å². The quantitative estimate of drug-likeness (QED) is 0.884. The molecule has 1 aromatic carbocycles. The van der Waals surface area contributed by atoms with Crippen LogP contribution in [0, 0.1) is 5.82 Å². The molecule has 0 unspecified atom stereocenters. The second kappa shape index (κ2) is 5.83. The van der Waals surface area contributed by atoms with Gasteiger partial charge in [-0.3, -0.25) is 14.3 Å². The molecule has 20 heavy (non-hydrogen) atoms. The fraction of sp³-hybridized carbons (Fsp3) is 0.0833. The van der Waals surface area contributed by atoms with Crippen LogP contribution < -0.4 is 11.1 Å². The molecule has 0 bridgehead atoms. The van der Waals surface area contributed by atoms with E-state index in [2.05, 4.69) is 26.3 Å². The van der Waals surface area contributed by atoms with Gasteiger partial charge < -0.3 is 11.1 Å². The third-order valence-corrected chi connectivity index (χ3v) is 3.03. The molecule has 0 aliphatic rings. The van der Waals surface area contributed by atoms with E-state index in [1.54, 1.807) is 0 Å². The van der Waals surface area contributed by atoms with Crippen LogP contribution in [0.4, 0.5) is 10.1 Å². The number of amides is 2. The van der Waals surface area contributed by atoms with Crippen molar-refractivity contribution in [3.63, 3.8) is 0 Å². The molecular weight excluding hydrogens is 331 g/mol. The lowest BCUT2D eigenvalue weighted by atomic mass is 10.2. The van der Waals surface area contributed by atoms with Gasteiger partial charge in [-0.05, 0) is 34.1 Å². The van der Waals surface area contributed by atoms with Gasteiger partial charge in [0.2, 0.25) is 5.91 Å². The summed E-state index contributed by atoms with van der Waals surface area (Å²) in [5.41, 5.74) is 5.59. The number of benzene rings is 1. The lowest BCUT2D eigenvalue weighted by molar-refractivity contribution is -0.118. The van der Waals surface area contributed by atoms with E-state index in [-0.39, 0.29) is 16.6 Å². The Kier molecular flexibility index (Phi) is 4.14. The maximum atomic E-state index is 13.3. The van der Waals surface area contributed by atoms with Gasteiger partial charge in [0.1, 0.15) is 12.4 Å². The summed E-state index contributed by atoms with van der Waals surface area (Å²) in [6.45, 7) is -0.0806. The SMILES string of the molecule is NC(=O)Cn1cc(NC(=O)c2ccc(Br)c(F)c2)cn1. The lowest BCUT2D eigenvalue weighted by Crippen LogP contribution is -2.18. The highest BCUT2D eigenvalue weighted by Crippen LogP contribution is 2.17. The molecule has 0 radical (unpaired) electrons. The van der Waals surface area contributed by atoms with E-state index >= 15 is 0 Å². The van der Waals surface area contributed by atoms with Crippen LogP contribution in [-0.2, 0) is 11.3 Å². The molecule has 8 heteroatoms. The number of aromatic nitrogens is 2. The number of rotatable bonds is 4. The largest absolute Gasteiger partial charge is 0.368 e. The molecule has 0 fully saturated rings. The van der Waals surface area contributed by atoms with Crippen molar-refractivity contribution in [1.82, 2.24) is 9.78 Å². The molecule has 2 aromatic rings. The first-order valence-corrected chi connectivity index (χ1v) is 6.32. The number of nitrogens with two attached hydrogens (primary N) is 1. The molecule has 0 aliphatic carbocycles. The van der Waals surface area contributed by atoms with Crippen LogP contribution >= 0.6 is 15.9 Å². The van der Waals surface area contributed by atoms with Crippen LogP contribution in [0.1, 0.15) is 10.4 Å². The smallest absolute Gasteiger partial charge is 0.255 e. The molecule has 1 heterocycles. The average Bonchev–Trinajstić information content (AvgIpc) is 2.79. The van der Waals surface area contributed by atoms with E-state index < -0.39 is 17.6 Å². The molecule has 0 atom stereocenters. The monoisotopic (exact) mass is 340 g/mol. The van der Waals surface area contributed by atoms with Crippen molar-refractivity contribution in [2.45, 2.75) is 6.54 Å². The number of hydrogen-bond acceptors (Lipinski definition) is 3. The van der Waals surface area contributed by atoms with E-state index in [1.807, 2.05) is 0 Å². The minimum Gasteiger partial charge on any atom is -0.368 e. The second-order valence-electron chi connectivity index (χ2n) is 3.98. The Morgan fingerprint density at radius 2 is 2.20 bits per heavy atom. The second-order valence-corrected chi connectivity index (χ2v) is 4.83. The topological polar surface area (TPSA) is 90.0 Å². The van der Waals surface area contributed by atoms with Crippen molar-refractivity contribution >= 4 is 33.4 Å². The molecule has 104 valence electrons. The number of nitrogens with one attached hydrogen (secondary N) is 1. The minimum atomic E-state index is -0.541. The molecule has 0 aliphatic heterocycles. The molecule has 0 spiro atoms. The highest BCUT2D eigenvalue weighted by atomic mass is 79.9. The van der Waals surface area contributed by atoms with Gasteiger partial charge in [0.15, 0.2) is 0 Å². The third kappa shape index (κ3) is 3.41. The maximum Gasteiger partial charge on any atom is 0.255 e. The number of primary amides is 1. The molecule has 6 nitrogen and oxygen atoms in total. The van der Waals surface area contributed by atoms with Gasteiger partial charge in [-0.15, -0.1) is 0 Å². The Balaban J connectivity index is 2.09. The van der Waals surface area contributed by atoms with Gasteiger partial charge >= 0.3 is 0 Å². The number of carbonyl (C=O) groups excluding carboxylic acids is 2. The van der Waals surface area contributed by atoms with Gasteiger partial charge in [0.05, 0.1) is 16.4 Å².